The molecule has 0 radical (unpaired) electrons. The normalized spacial score (nSPS) is 13.1. The molecule has 0 saturated carbocycles. The van der Waals surface area contributed by atoms with E-state index in [1.165, 1.54) is 0 Å². The maximum atomic E-state index is 13.1. The monoisotopic (exact) mass is 410 g/mol. The first kappa shape index (κ1) is 18.6. The standard InChI is InChI=1S/C17H19BrN2O3S/c18-15-7-9-16(10-8-15)24(23,12-4-11-21)20-17(22)19-13-14-5-2-1-3-6-14/h1-3,5-10,21H,4,11-13H2,(H,19,22). The molecule has 0 bridgehead atoms. The van der Waals surface area contributed by atoms with E-state index in [0.29, 0.717) is 17.9 Å². The van der Waals surface area contributed by atoms with E-state index in [-0.39, 0.29) is 12.4 Å². The lowest BCUT2D eigenvalue weighted by Crippen LogP contribution is -2.22. The molecule has 2 aromatic rings. The molecule has 2 aromatic carbocycles. The molecule has 24 heavy (non-hydrogen) atoms. The SMILES string of the molecule is O=C(N=S(=O)(CCCO)c1ccc(Br)cc1)NCc1ccccc1. The molecule has 0 heterocycles. The van der Waals surface area contributed by atoms with Gasteiger partial charge in [-0.2, -0.15) is 0 Å². The van der Waals surface area contributed by atoms with E-state index in [4.69, 9.17) is 5.11 Å². The number of benzene rings is 2. The second-order valence-electron chi connectivity index (χ2n) is 5.11. The Kier molecular flexibility index (Phi) is 6.96. The van der Waals surface area contributed by atoms with Crippen molar-refractivity contribution in [3.63, 3.8) is 0 Å². The predicted molar refractivity (Wildman–Crippen MR) is 98.2 cm³/mol. The Morgan fingerprint density at radius 2 is 1.79 bits per heavy atom. The molecule has 0 aliphatic rings. The number of hydrogen-bond acceptors (Lipinski definition) is 3. The Bertz CT molecular complexity index is 785. The summed E-state index contributed by atoms with van der Waals surface area (Å²) in [6, 6.07) is 15.7. The third-order valence-electron chi connectivity index (χ3n) is 3.28. The van der Waals surface area contributed by atoms with Gasteiger partial charge in [0.25, 0.3) is 0 Å². The zero-order valence-corrected chi connectivity index (χ0v) is 15.4. The third kappa shape index (κ3) is 5.43. The van der Waals surface area contributed by atoms with Crippen LogP contribution in [0.5, 0.6) is 0 Å². The predicted octanol–water partition coefficient (Wildman–Crippen LogP) is 3.57. The van der Waals surface area contributed by atoms with Gasteiger partial charge in [0.15, 0.2) is 0 Å². The molecule has 0 spiro atoms. The summed E-state index contributed by atoms with van der Waals surface area (Å²) >= 11 is 3.32. The van der Waals surface area contributed by atoms with Crippen molar-refractivity contribution in [3.8, 4) is 0 Å². The summed E-state index contributed by atoms with van der Waals surface area (Å²) in [5.41, 5.74) is 0.937. The second-order valence-corrected chi connectivity index (χ2v) is 8.37. The number of amides is 2. The van der Waals surface area contributed by atoms with Crippen LogP contribution < -0.4 is 5.32 Å². The highest BCUT2D eigenvalue weighted by atomic mass is 79.9. The number of nitrogens with zero attached hydrogens (tertiary/aromatic N) is 1. The minimum absolute atomic E-state index is 0.103. The van der Waals surface area contributed by atoms with Crippen molar-refractivity contribution in [1.29, 1.82) is 0 Å². The third-order valence-corrected chi connectivity index (χ3v) is 6.12. The first-order chi connectivity index (χ1) is 11.5. The van der Waals surface area contributed by atoms with Gasteiger partial charge in [-0.15, -0.1) is 4.36 Å². The van der Waals surface area contributed by atoms with E-state index in [0.717, 1.165) is 10.0 Å². The molecular formula is C17H19BrN2O3S. The smallest absolute Gasteiger partial charge is 0.349 e. The fourth-order valence-corrected chi connectivity index (χ4v) is 4.17. The summed E-state index contributed by atoms with van der Waals surface area (Å²) in [6.45, 7) is 0.216. The Morgan fingerprint density at radius 3 is 2.42 bits per heavy atom. The molecule has 1 unspecified atom stereocenters. The molecule has 0 aliphatic heterocycles. The molecular weight excluding hydrogens is 392 g/mol. The number of aliphatic hydroxyl groups excluding tert-OH is 1. The average molecular weight is 411 g/mol. The number of hydrogen-bond donors (Lipinski definition) is 2. The largest absolute Gasteiger partial charge is 0.396 e. The first-order valence-corrected chi connectivity index (χ1v) is 9.94. The second kappa shape index (κ2) is 8.96. The first-order valence-electron chi connectivity index (χ1n) is 7.46. The minimum atomic E-state index is -2.92. The van der Waals surface area contributed by atoms with E-state index in [2.05, 4.69) is 25.6 Å². The number of rotatable bonds is 6. The van der Waals surface area contributed by atoms with Crippen molar-refractivity contribution >= 4 is 31.7 Å². The molecule has 1 atom stereocenters. The summed E-state index contributed by atoms with van der Waals surface area (Å²) in [5.74, 6) is 0.129. The molecule has 7 heteroatoms. The van der Waals surface area contributed by atoms with Crippen LogP contribution in [0, 0.1) is 0 Å². The Morgan fingerprint density at radius 1 is 1.12 bits per heavy atom. The van der Waals surface area contributed by atoms with Crippen molar-refractivity contribution in [2.75, 3.05) is 12.4 Å². The zero-order valence-electron chi connectivity index (χ0n) is 13.0. The highest BCUT2D eigenvalue weighted by Gasteiger charge is 2.15. The maximum absolute atomic E-state index is 13.1. The Labute approximate surface area is 150 Å². The molecule has 2 N–H and O–H groups in total. The molecule has 0 aliphatic carbocycles. The van der Waals surface area contributed by atoms with Crippen molar-refractivity contribution < 1.29 is 14.1 Å². The fourth-order valence-electron chi connectivity index (χ4n) is 2.06. The lowest BCUT2D eigenvalue weighted by Gasteiger charge is -2.10. The van der Waals surface area contributed by atoms with E-state index in [1.807, 2.05) is 30.3 Å². The minimum Gasteiger partial charge on any atom is -0.396 e. The van der Waals surface area contributed by atoms with Gasteiger partial charge in [-0.05, 0) is 36.2 Å². The van der Waals surface area contributed by atoms with Gasteiger partial charge in [-0.1, -0.05) is 46.3 Å². The van der Waals surface area contributed by atoms with Gasteiger partial charge >= 0.3 is 6.03 Å². The van der Waals surface area contributed by atoms with Crippen LogP contribution in [-0.2, 0) is 16.3 Å². The molecule has 0 saturated heterocycles. The van der Waals surface area contributed by atoms with Gasteiger partial charge in [-0.3, -0.25) is 0 Å². The maximum Gasteiger partial charge on any atom is 0.349 e. The van der Waals surface area contributed by atoms with E-state index < -0.39 is 15.8 Å². The van der Waals surface area contributed by atoms with Crippen LogP contribution >= 0.6 is 15.9 Å². The van der Waals surface area contributed by atoms with Gasteiger partial charge in [0.1, 0.15) is 0 Å². The summed E-state index contributed by atoms with van der Waals surface area (Å²) in [6.07, 6.45) is 0.310. The van der Waals surface area contributed by atoms with E-state index >= 15 is 0 Å². The summed E-state index contributed by atoms with van der Waals surface area (Å²) in [7, 11) is -2.92. The van der Waals surface area contributed by atoms with Crippen molar-refractivity contribution in [3.05, 3.63) is 64.6 Å². The summed E-state index contributed by atoms with van der Waals surface area (Å²) < 4.78 is 17.9. The Hall–Kier alpha value is -1.70. The van der Waals surface area contributed by atoms with Crippen LogP contribution in [0.15, 0.2) is 68.3 Å². The van der Waals surface area contributed by atoms with Crippen molar-refractivity contribution in [2.24, 2.45) is 4.36 Å². The molecule has 0 fully saturated rings. The summed E-state index contributed by atoms with van der Waals surface area (Å²) in [4.78, 5) is 12.6. The number of aliphatic hydroxyl groups is 1. The van der Waals surface area contributed by atoms with Gasteiger partial charge in [0.05, 0.1) is 9.73 Å². The fraction of sp³-hybridized carbons (Fsp3) is 0.235. The van der Waals surface area contributed by atoms with Crippen LogP contribution in [0.25, 0.3) is 0 Å². The number of urea groups is 1. The highest BCUT2D eigenvalue weighted by molar-refractivity contribution is 9.10. The number of halogens is 1. The zero-order chi connectivity index (χ0) is 17.4. The van der Waals surface area contributed by atoms with Gasteiger partial charge < -0.3 is 10.4 Å². The lowest BCUT2D eigenvalue weighted by molar-refractivity contribution is 0.249. The topological polar surface area (TPSA) is 78.8 Å². The molecule has 128 valence electrons. The van der Waals surface area contributed by atoms with Crippen molar-refractivity contribution in [1.82, 2.24) is 5.32 Å². The van der Waals surface area contributed by atoms with Crippen LogP contribution in [0.2, 0.25) is 0 Å². The van der Waals surface area contributed by atoms with Crippen LogP contribution in [0.4, 0.5) is 4.79 Å². The van der Waals surface area contributed by atoms with Crippen molar-refractivity contribution in [2.45, 2.75) is 17.9 Å². The molecule has 0 aromatic heterocycles. The lowest BCUT2D eigenvalue weighted by atomic mass is 10.2. The van der Waals surface area contributed by atoms with Crippen LogP contribution in [0.1, 0.15) is 12.0 Å². The average Bonchev–Trinajstić information content (AvgIpc) is 2.59. The molecule has 2 rings (SSSR count). The van der Waals surface area contributed by atoms with Gasteiger partial charge in [0, 0.05) is 28.3 Å². The number of carbonyl (C=O) groups is 1. The molecule has 2 amide bonds. The van der Waals surface area contributed by atoms with Gasteiger partial charge in [-0.25, -0.2) is 9.00 Å². The van der Waals surface area contributed by atoms with E-state index in [9.17, 15) is 9.00 Å². The highest BCUT2D eigenvalue weighted by Crippen LogP contribution is 2.19. The van der Waals surface area contributed by atoms with Crippen LogP contribution in [0.3, 0.4) is 0 Å². The quantitative estimate of drug-likeness (QED) is 0.763. The molecule has 5 nitrogen and oxygen atoms in total. The number of carbonyl (C=O) groups excluding carboxylic acids is 1. The van der Waals surface area contributed by atoms with Crippen LogP contribution in [-0.4, -0.2) is 27.7 Å². The number of nitrogens with one attached hydrogen (secondary N) is 1. The van der Waals surface area contributed by atoms with Gasteiger partial charge in [0.2, 0.25) is 0 Å². The summed E-state index contributed by atoms with van der Waals surface area (Å²) in [5, 5.41) is 11.7. The Balaban J connectivity index is 2.19. The van der Waals surface area contributed by atoms with E-state index in [1.54, 1.807) is 24.3 Å².